The zero-order chi connectivity index (χ0) is 14.7. The number of methoxy groups -OCH3 is 1. The van der Waals surface area contributed by atoms with Crippen molar-refractivity contribution >= 4 is 17.3 Å². The molecule has 5 heteroatoms. The predicted molar refractivity (Wildman–Crippen MR) is 78.2 cm³/mol. The second kappa shape index (κ2) is 5.52. The SMILES string of the molecule is COc1cccc(C(=O)Nc2cc(N)ccc2C)c1O. The van der Waals surface area contributed by atoms with E-state index in [2.05, 4.69) is 5.32 Å². The number of aryl methyl sites for hydroxylation is 1. The van der Waals surface area contributed by atoms with Crippen LogP contribution in [0.1, 0.15) is 15.9 Å². The summed E-state index contributed by atoms with van der Waals surface area (Å²) in [6.07, 6.45) is 0. The zero-order valence-corrected chi connectivity index (χ0v) is 11.3. The first-order chi connectivity index (χ1) is 9.52. The van der Waals surface area contributed by atoms with Crippen molar-refractivity contribution in [2.24, 2.45) is 0 Å². The second-order valence-electron chi connectivity index (χ2n) is 4.38. The lowest BCUT2D eigenvalue weighted by Gasteiger charge is -2.11. The van der Waals surface area contributed by atoms with Crippen LogP contribution in [0.2, 0.25) is 0 Å². The minimum atomic E-state index is -0.421. The lowest BCUT2D eigenvalue weighted by molar-refractivity contribution is 0.102. The summed E-state index contributed by atoms with van der Waals surface area (Å²) in [6, 6.07) is 9.99. The summed E-state index contributed by atoms with van der Waals surface area (Å²) in [5.74, 6) is -0.355. The topological polar surface area (TPSA) is 84.6 Å². The molecule has 4 N–H and O–H groups in total. The number of anilines is 2. The van der Waals surface area contributed by atoms with Crippen molar-refractivity contribution in [1.82, 2.24) is 0 Å². The first-order valence-corrected chi connectivity index (χ1v) is 6.06. The van der Waals surface area contributed by atoms with Crippen LogP contribution >= 0.6 is 0 Å². The first-order valence-electron chi connectivity index (χ1n) is 6.06. The van der Waals surface area contributed by atoms with Crippen LogP contribution in [-0.4, -0.2) is 18.1 Å². The van der Waals surface area contributed by atoms with Crippen molar-refractivity contribution in [1.29, 1.82) is 0 Å². The average molecular weight is 272 g/mol. The van der Waals surface area contributed by atoms with Gasteiger partial charge < -0.3 is 20.9 Å². The maximum absolute atomic E-state index is 12.2. The molecule has 0 aliphatic rings. The lowest BCUT2D eigenvalue weighted by Crippen LogP contribution is -2.13. The number of carbonyl (C=O) groups excluding carboxylic acids is 1. The van der Waals surface area contributed by atoms with Crippen LogP contribution in [0, 0.1) is 6.92 Å². The maximum Gasteiger partial charge on any atom is 0.259 e. The van der Waals surface area contributed by atoms with Gasteiger partial charge in [0.1, 0.15) is 0 Å². The molecule has 5 nitrogen and oxygen atoms in total. The number of nitrogens with one attached hydrogen (secondary N) is 1. The Kier molecular flexibility index (Phi) is 3.79. The summed E-state index contributed by atoms with van der Waals surface area (Å²) >= 11 is 0. The van der Waals surface area contributed by atoms with Gasteiger partial charge in [0, 0.05) is 11.4 Å². The van der Waals surface area contributed by atoms with Gasteiger partial charge in [0.15, 0.2) is 11.5 Å². The van der Waals surface area contributed by atoms with Crippen molar-refractivity contribution in [3.05, 3.63) is 47.5 Å². The lowest BCUT2D eigenvalue weighted by atomic mass is 10.1. The molecule has 0 radical (unpaired) electrons. The number of aromatic hydroxyl groups is 1. The minimum Gasteiger partial charge on any atom is -0.504 e. The number of hydrogen-bond donors (Lipinski definition) is 3. The summed E-state index contributed by atoms with van der Waals surface area (Å²) in [5, 5.41) is 12.7. The normalized spacial score (nSPS) is 10.1. The molecule has 0 spiro atoms. The van der Waals surface area contributed by atoms with E-state index in [1.807, 2.05) is 13.0 Å². The van der Waals surface area contributed by atoms with Gasteiger partial charge in [0.05, 0.1) is 12.7 Å². The van der Waals surface area contributed by atoms with Crippen LogP contribution in [0.15, 0.2) is 36.4 Å². The number of amides is 1. The number of nitrogens with two attached hydrogens (primary N) is 1. The van der Waals surface area contributed by atoms with E-state index in [0.29, 0.717) is 11.4 Å². The zero-order valence-electron chi connectivity index (χ0n) is 11.3. The molecule has 0 atom stereocenters. The summed E-state index contributed by atoms with van der Waals surface area (Å²) in [5.41, 5.74) is 7.89. The quantitative estimate of drug-likeness (QED) is 0.750. The van der Waals surface area contributed by atoms with E-state index in [9.17, 15) is 9.90 Å². The fraction of sp³-hybridized carbons (Fsp3) is 0.133. The minimum absolute atomic E-state index is 0.145. The monoisotopic (exact) mass is 272 g/mol. The highest BCUT2D eigenvalue weighted by Crippen LogP contribution is 2.30. The number of hydrogen-bond acceptors (Lipinski definition) is 4. The maximum atomic E-state index is 12.2. The van der Waals surface area contributed by atoms with Crippen LogP contribution in [0.25, 0.3) is 0 Å². The number of rotatable bonds is 3. The third kappa shape index (κ3) is 2.66. The Balaban J connectivity index is 2.31. The third-order valence-corrected chi connectivity index (χ3v) is 2.97. The number of phenolic OH excluding ortho intramolecular Hbond substituents is 1. The summed E-state index contributed by atoms with van der Waals surface area (Å²) < 4.78 is 4.98. The van der Waals surface area contributed by atoms with Gasteiger partial charge in [-0.25, -0.2) is 0 Å². The number of benzene rings is 2. The molecule has 0 saturated heterocycles. The number of phenols is 1. The summed E-state index contributed by atoms with van der Waals surface area (Å²) in [6.45, 7) is 1.86. The van der Waals surface area contributed by atoms with Gasteiger partial charge in [0.25, 0.3) is 5.91 Å². The van der Waals surface area contributed by atoms with Gasteiger partial charge in [-0.3, -0.25) is 4.79 Å². The van der Waals surface area contributed by atoms with Gasteiger partial charge in [-0.05, 0) is 36.8 Å². The standard InChI is InChI=1S/C15H16N2O3/c1-9-6-7-10(16)8-12(9)17-15(19)11-4-3-5-13(20-2)14(11)18/h3-8,18H,16H2,1-2H3,(H,17,19). The molecule has 0 unspecified atom stereocenters. The van der Waals surface area contributed by atoms with Crippen LogP contribution in [0.4, 0.5) is 11.4 Å². The van der Waals surface area contributed by atoms with Crippen molar-refractivity contribution in [2.75, 3.05) is 18.2 Å². The van der Waals surface area contributed by atoms with E-state index in [1.54, 1.807) is 24.3 Å². The van der Waals surface area contributed by atoms with Crippen molar-refractivity contribution in [2.45, 2.75) is 6.92 Å². The molecule has 104 valence electrons. The number of ether oxygens (including phenoxy) is 1. The molecule has 2 aromatic carbocycles. The highest BCUT2D eigenvalue weighted by molar-refractivity contribution is 6.07. The van der Waals surface area contributed by atoms with Gasteiger partial charge in [-0.15, -0.1) is 0 Å². The molecular formula is C15H16N2O3. The van der Waals surface area contributed by atoms with E-state index in [1.165, 1.54) is 13.2 Å². The second-order valence-corrected chi connectivity index (χ2v) is 4.38. The number of para-hydroxylation sites is 1. The molecule has 0 heterocycles. The Morgan fingerprint density at radius 2 is 2.05 bits per heavy atom. The predicted octanol–water partition coefficient (Wildman–Crippen LogP) is 2.54. The Hall–Kier alpha value is -2.69. The van der Waals surface area contributed by atoms with Crippen LogP contribution in [-0.2, 0) is 0 Å². The largest absolute Gasteiger partial charge is 0.504 e. The fourth-order valence-corrected chi connectivity index (χ4v) is 1.83. The summed E-state index contributed by atoms with van der Waals surface area (Å²) in [4.78, 5) is 12.2. The molecule has 0 aromatic heterocycles. The molecule has 0 aliphatic heterocycles. The molecule has 20 heavy (non-hydrogen) atoms. The van der Waals surface area contributed by atoms with E-state index in [-0.39, 0.29) is 17.1 Å². The molecule has 2 rings (SSSR count). The van der Waals surface area contributed by atoms with Crippen molar-refractivity contribution in [3.63, 3.8) is 0 Å². The van der Waals surface area contributed by atoms with E-state index in [0.717, 1.165) is 5.56 Å². The Morgan fingerprint density at radius 3 is 2.75 bits per heavy atom. The molecule has 1 amide bonds. The molecule has 0 saturated carbocycles. The highest BCUT2D eigenvalue weighted by atomic mass is 16.5. The van der Waals surface area contributed by atoms with E-state index >= 15 is 0 Å². The first kappa shape index (κ1) is 13.7. The number of carbonyl (C=O) groups is 1. The van der Waals surface area contributed by atoms with Crippen molar-refractivity contribution < 1.29 is 14.6 Å². The van der Waals surface area contributed by atoms with Gasteiger partial charge in [0.2, 0.25) is 0 Å². The Morgan fingerprint density at radius 1 is 1.30 bits per heavy atom. The fourth-order valence-electron chi connectivity index (χ4n) is 1.83. The molecule has 0 fully saturated rings. The smallest absolute Gasteiger partial charge is 0.259 e. The Bertz CT molecular complexity index is 654. The van der Waals surface area contributed by atoms with Crippen LogP contribution in [0.3, 0.4) is 0 Å². The molecular weight excluding hydrogens is 256 g/mol. The molecule has 0 aliphatic carbocycles. The molecule has 2 aromatic rings. The van der Waals surface area contributed by atoms with Crippen molar-refractivity contribution in [3.8, 4) is 11.5 Å². The van der Waals surface area contributed by atoms with Gasteiger partial charge >= 0.3 is 0 Å². The molecule has 0 bridgehead atoms. The highest BCUT2D eigenvalue weighted by Gasteiger charge is 2.15. The van der Waals surface area contributed by atoms with E-state index in [4.69, 9.17) is 10.5 Å². The van der Waals surface area contributed by atoms with Gasteiger partial charge in [-0.1, -0.05) is 12.1 Å². The third-order valence-electron chi connectivity index (χ3n) is 2.97. The van der Waals surface area contributed by atoms with E-state index < -0.39 is 5.91 Å². The average Bonchev–Trinajstić information content (AvgIpc) is 2.43. The van der Waals surface area contributed by atoms with Gasteiger partial charge in [-0.2, -0.15) is 0 Å². The Labute approximate surface area is 117 Å². The van der Waals surface area contributed by atoms with Crippen LogP contribution < -0.4 is 15.8 Å². The summed E-state index contributed by atoms with van der Waals surface area (Å²) in [7, 11) is 1.43. The number of nitrogen functional groups attached to an aromatic ring is 1. The van der Waals surface area contributed by atoms with Crippen LogP contribution in [0.5, 0.6) is 11.5 Å².